The molecule has 0 aliphatic carbocycles. The van der Waals surface area contributed by atoms with Gasteiger partial charge < -0.3 is 9.15 Å². The van der Waals surface area contributed by atoms with Crippen LogP contribution in [0.15, 0.2) is 63.6 Å². The number of thioether (sulfide) groups is 1. The van der Waals surface area contributed by atoms with Crippen LogP contribution in [0, 0.1) is 0 Å². The molecule has 4 aromatic rings. The maximum Gasteiger partial charge on any atom is 0.205 e. The van der Waals surface area contributed by atoms with Gasteiger partial charge in [-0.05, 0) is 24.3 Å². The van der Waals surface area contributed by atoms with Crippen LogP contribution in [0.25, 0.3) is 22.0 Å². The summed E-state index contributed by atoms with van der Waals surface area (Å²) >= 11 is 3.26. The van der Waals surface area contributed by atoms with Crippen molar-refractivity contribution in [3.8, 4) is 22.0 Å². The van der Waals surface area contributed by atoms with Crippen molar-refractivity contribution in [2.45, 2.75) is 36.4 Å². The quantitative estimate of drug-likeness (QED) is 0.383. The van der Waals surface area contributed by atoms with Gasteiger partial charge in [0, 0.05) is 12.2 Å². The maximum atomic E-state index is 5.93. The number of nitrogens with zero attached hydrogens (tertiary/aromatic N) is 4. The number of hydrogen-bond donors (Lipinski definition) is 0. The van der Waals surface area contributed by atoms with Crippen molar-refractivity contribution in [2.24, 2.45) is 0 Å². The van der Waals surface area contributed by atoms with Crippen molar-refractivity contribution in [3.63, 3.8) is 0 Å². The molecule has 1 unspecified atom stereocenters. The summed E-state index contributed by atoms with van der Waals surface area (Å²) in [6.45, 7) is 1.60. The van der Waals surface area contributed by atoms with Crippen LogP contribution >= 0.6 is 23.1 Å². The number of hydrogen-bond acceptors (Lipinski definition) is 7. The van der Waals surface area contributed by atoms with Crippen molar-refractivity contribution in [3.05, 3.63) is 59.9 Å². The molecule has 0 spiro atoms. The van der Waals surface area contributed by atoms with Crippen LogP contribution in [0.1, 0.15) is 18.7 Å². The normalized spacial score (nSPS) is 16.5. The highest BCUT2D eigenvalue weighted by molar-refractivity contribution is 7.98. The van der Waals surface area contributed by atoms with Crippen molar-refractivity contribution in [2.75, 3.05) is 6.61 Å². The van der Waals surface area contributed by atoms with E-state index in [1.807, 2.05) is 36.4 Å². The molecule has 1 saturated heterocycles. The first-order valence-corrected chi connectivity index (χ1v) is 11.4. The van der Waals surface area contributed by atoms with Gasteiger partial charge in [0.2, 0.25) is 5.89 Å². The predicted octanol–water partition coefficient (Wildman–Crippen LogP) is 5.13. The molecule has 6 nitrogen and oxygen atoms in total. The van der Waals surface area contributed by atoms with E-state index in [0.717, 1.165) is 53.2 Å². The number of rotatable bonds is 7. The number of ether oxygens (including phenoxy) is 1. The van der Waals surface area contributed by atoms with E-state index < -0.39 is 0 Å². The second-order valence-corrected chi connectivity index (χ2v) is 8.69. The van der Waals surface area contributed by atoms with E-state index in [-0.39, 0.29) is 6.10 Å². The maximum absolute atomic E-state index is 5.93. The molecule has 0 amide bonds. The Morgan fingerprint density at radius 2 is 2.07 bits per heavy atom. The summed E-state index contributed by atoms with van der Waals surface area (Å²) in [5, 5.41) is 11.8. The molecule has 148 valence electrons. The number of benzene rings is 1. The molecule has 4 heterocycles. The first kappa shape index (κ1) is 18.6. The van der Waals surface area contributed by atoms with Crippen LogP contribution in [-0.2, 0) is 17.0 Å². The van der Waals surface area contributed by atoms with E-state index in [2.05, 4.69) is 31.2 Å². The molecule has 5 rings (SSSR count). The van der Waals surface area contributed by atoms with Gasteiger partial charge in [0.25, 0.3) is 0 Å². The molecular weight excluding hydrogens is 404 g/mol. The molecular formula is C21H20N4O2S2. The van der Waals surface area contributed by atoms with Gasteiger partial charge >= 0.3 is 0 Å². The monoisotopic (exact) mass is 424 g/mol. The standard InChI is InChI=1S/C21H20N4O2S2/c1-2-6-15(7-3-1)17-12-22-19(27-17)14-29-21-24-23-20(18-9-5-11-28-18)25(21)13-16-8-4-10-26-16/h1-3,5-7,9,11-12,16H,4,8,10,13-14H2. The average Bonchev–Trinajstić information content (AvgIpc) is 3.54. The molecule has 3 aromatic heterocycles. The van der Waals surface area contributed by atoms with Gasteiger partial charge in [0.05, 0.1) is 29.5 Å². The molecule has 1 aliphatic rings. The Morgan fingerprint density at radius 3 is 2.86 bits per heavy atom. The van der Waals surface area contributed by atoms with E-state index in [1.54, 1.807) is 29.3 Å². The molecule has 1 fully saturated rings. The topological polar surface area (TPSA) is 66.0 Å². The first-order valence-electron chi connectivity index (χ1n) is 9.58. The van der Waals surface area contributed by atoms with Gasteiger partial charge in [-0.15, -0.1) is 21.5 Å². The Morgan fingerprint density at radius 1 is 1.14 bits per heavy atom. The second-order valence-electron chi connectivity index (χ2n) is 6.80. The molecule has 0 bridgehead atoms. The molecule has 1 atom stereocenters. The van der Waals surface area contributed by atoms with Crippen LogP contribution in [0.2, 0.25) is 0 Å². The fourth-order valence-corrected chi connectivity index (χ4v) is 4.90. The first-order chi connectivity index (χ1) is 14.4. The van der Waals surface area contributed by atoms with Crippen LogP contribution in [0.4, 0.5) is 0 Å². The zero-order chi connectivity index (χ0) is 19.5. The zero-order valence-electron chi connectivity index (χ0n) is 15.7. The molecule has 0 saturated carbocycles. The van der Waals surface area contributed by atoms with E-state index in [9.17, 15) is 0 Å². The Balaban J connectivity index is 1.35. The van der Waals surface area contributed by atoms with E-state index in [4.69, 9.17) is 9.15 Å². The predicted molar refractivity (Wildman–Crippen MR) is 114 cm³/mol. The van der Waals surface area contributed by atoms with E-state index in [0.29, 0.717) is 11.6 Å². The lowest BCUT2D eigenvalue weighted by atomic mass is 10.2. The summed E-state index contributed by atoms with van der Waals surface area (Å²) in [5.74, 6) is 2.95. The Labute approximate surface area is 177 Å². The highest BCUT2D eigenvalue weighted by Gasteiger charge is 2.22. The lowest BCUT2D eigenvalue weighted by molar-refractivity contribution is 0.0953. The minimum atomic E-state index is 0.218. The molecule has 1 aromatic carbocycles. The highest BCUT2D eigenvalue weighted by Crippen LogP contribution is 2.31. The van der Waals surface area contributed by atoms with Crippen LogP contribution in [-0.4, -0.2) is 32.5 Å². The Hall–Kier alpha value is -2.42. The van der Waals surface area contributed by atoms with Crippen molar-refractivity contribution in [1.82, 2.24) is 19.7 Å². The van der Waals surface area contributed by atoms with Gasteiger partial charge in [-0.3, -0.25) is 4.57 Å². The average molecular weight is 425 g/mol. The molecule has 29 heavy (non-hydrogen) atoms. The van der Waals surface area contributed by atoms with Crippen LogP contribution in [0.3, 0.4) is 0 Å². The third-order valence-corrected chi connectivity index (χ3v) is 6.62. The largest absolute Gasteiger partial charge is 0.440 e. The van der Waals surface area contributed by atoms with Gasteiger partial charge in [0.15, 0.2) is 16.7 Å². The highest BCUT2D eigenvalue weighted by atomic mass is 32.2. The van der Waals surface area contributed by atoms with Crippen molar-refractivity contribution < 1.29 is 9.15 Å². The van der Waals surface area contributed by atoms with Crippen LogP contribution < -0.4 is 0 Å². The third kappa shape index (κ3) is 4.14. The van der Waals surface area contributed by atoms with Crippen molar-refractivity contribution in [1.29, 1.82) is 0 Å². The van der Waals surface area contributed by atoms with Crippen molar-refractivity contribution >= 4 is 23.1 Å². The third-order valence-electron chi connectivity index (χ3n) is 4.81. The lowest BCUT2D eigenvalue weighted by Gasteiger charge is -2.13. The summed E-state index contributed by atoms with van der Waals surface area (Å²) < 4.78 is 14.0. The minimum absolute atomic E-state index is 0.218. The summed E-state index contributed by atoms with van der Waals surface area (Å²) in [7, 11) is 0. The number of oxazole rings is 1. The summed E-state index contributed by atoms with van der Waals surface area (Å²) in [5.41, 5.74) is 1.03. The number of aromatic nitrogens is 4. The number of thiophene rings is 1. The minimum Gasteiger partial charge on any atom is -0.440 e. The molecule has 8 heteroatoms. The molecule has 0 N–H and O–H groups in total. The Kier molecular flexibility index (Phi) is 5.47. The molecule has 0 radical (unpaired) electrons. The van der Waals surface area contributed by atoms with Gasteiger partial charge in [-0.25, -0.2) is 4.98 Å². The van der Waals surface area contributed by atoms with Gasteiger partial charge in [-0.2, -0.15) is 0 Å². The van der Waals surface area contributed by atoms with Crippen LogP contribution in [0.5, 0.6) is 0 Å². The fraction of sp³-hybridized carbons (Fsp3) is 0.286. The summed E-state index contributed by atoms with van der Waals surface area (Å²) in [6, 6.07) is 14.1. The smallest absolute Gasteiger partial charge is 0.205 e. The lowest BCUT2D eigenvalue weighted by Crippen LogP contribution is -2.16. The molecule has 1 aliphatic heterocycles. The van der Waals surface area contributed by atoms with Gasteiger partial charge in [0.1, 0.15) is 0 Å². The zero-order valence-corrected chi connectivity index (χ0v) is 17.4. The van der Waals surface area contributed by atoms with E-state index >= 15 is 0 Å². The Bertz CT molecular complexity index is 1050. The second kappa shape index (κ2) is 8.52. The van der Waals surface area contributed by atoms with E-state index in [1.165, 1.54) is 0 Å². The van der Waals surface area contributed by atoms with Gasteiger partial charge in [-0.1, -0.05) is 48.2 Å². The SMILES string of the molecule is c1ccc(-c2cnc(CSc3nnc(-c4cccs4)n3CC3CCCO3)o2)cc1. The summed E-state index contributed by atoms with van der Waals surface area (Å²) in [6.07, 6.45) is 4.18. The fourth-order valence-electron chi connectivity index (χ4n) is 3.38. The summed E-state index contributed by atoms with van der Waals surface area (Å²) in [4.78, 5) is 5.55.